The molecule has 5 atom stereocenters. The number of esters is 1. The average molecular weight is 552 g/mol. The zero-order valence-electron chi connectivity index (χ0n) is 23.4. The maximum Gasteiger partial charge on any atom is 0.337 e. The molecule has 2 aliphatic heterocycles. The molecule has 1 N–H and O–H groups in total. The van der Waals surface area contributed by atoms with Gasteiger partial charge in [0.15, 0.2) is 0 Å². The molecule has 6 rings (SSSR count). The lowest BCUT2D eigenvalue weighted by molar-refractivity contribution is -0.144. The highest BCUT2D eigenvalue weighted by Crippen LogP contribution is 2.63. The fourth-order valence-electron chi connectivity index (χ4n) is 8.80. The van der Waals surface area contributed by atoms with Crippen LogP contribution < -0.4 is 5.32 Å². The molecular formula is C32H39F2N3O3. The van der Waals surface area contributed by atoms with Gasteiger partial charge in [-0.15, -0.1) is 0 Å². The van der Waals surface area contributed by atoms with Crippen molar-refractivity contribution >= 4 is 11.9 Å². The van der Waals surface area contributed by atoms with E-state index in [4.69, 9.17) is 4.74 Å². The van der Waals surface area contributed by atoms with Gasteiger partial charge in [-0.05, 0) is 92.3 Å². The van der Waals surface area contributed by atoms with Crippen LogP contribution in [0.25, 0.3) is 0 Å². The van der Waals surface area contributed by atoms with Gasteiger partial charge in [0.25, 0.3) is 6.43 Å². The van der Waals surface area contributed by atoms with Crippen LogP contribution in [0.3, 0.4) is 0 Å². The molecule has 1 amide bonds. The second kappa shape index (κ2) is 10.5. The Morgan fingerprint density at radius 1 is 1.20 bits per heavy atom. The summed E-state index contributed by atoms with van der Waals surface area (Å²) in [7, 11) is 1.41. The molecule has 1 aromatic heterocycles. The van der Waals surface area contributed by atoms with Crippen LogP contribution in [-0.4, -0.2) is 48.5 Å². The van der Waals surface area contributed by atoms with E-state index in [1.54, 1.807) is 0 Å². The number of hydrogen-bond donors (Lipinski definition) is 1. The van der Waals surface area contributed by atoms with Gasteiger partial charge in [0.05, 0.1) is 18.1 Å². The number of amides is 1. The Bertz CT molecular complexity index is 1300. The molecule has 4 aliphatic rings. The normalized spacial score (nSPS) is 31.6. The Hall–Kier alpha value is -2.87. The van der Waals surface area contributed by atoms with Crippen molar-refractivity contribution in [3.05, 3.63) is 64.5 Å². The summed E-state index contributed by atoms with van der Waals surface area (Å²) in [5.74, 6) is 0.843. The van der Waals surface area contributed by atoms with Gasteiger partial charge >= 0.3 is 5.97 Å². The number of pyridine rings is 1. The molecular weight excluding hydrogens is 512 g/mol. The van der Waals surface area contributed by atoms with Crippen LogP contribution >= 0.6 is 0 Å². The molecule has 8 heteroatoms. The van der Waals surface area contributed by atoms with E-state index in [0.717, 1.165) is 62.9 Å². The highest BCUT2D eigenvalue weighted by atomic mass is 19.3. The van der Waals surface area contributed by atoms with Gasteiger partial charge in [-0.25, -0.2) is 13.6 Å². The number of hydrogen-bond acceptors (Lipinski definition) is 5. The van der Waals surface area contributed by atoms with Gasteiger partial charge in [-0.3, -0.25) is 9.78 Å². The first kappa shape index (κ1) is 27.3. The predicted octanol–water partition coefficient (Wildman–Crippen LogP) is 5.45. The molecule has 3 heterocycles. The summed E-state index contributed by atoms with van der Waals surface area (Å²) in [5.41, 5.74) is 2.69. The number of methoxy groups -OCH3 is 1. The fraction of sp³-hybridized carbons (Fsp3) is 0.594. The Balaban J connectivity index is 1.32. The Kier molecular flexibility index (Phi) is 7.18. The third kappa shape index (κ3) is 4.34. The predicted molar refractivity (Wildman–Crippen MR) is 147 cm³/mol. The van der Waals surface area contributed by atoms with Gasteiger partial charge in [0, 0.05) is 42.4 Å². The molecule has 0 bridgehead atoms. The molecule has 2 saturated carbocycles. The SMILES string of the molecule is COC(=O)c1cccc([C@@]2([C@@H]3C[C@H]4CCC[C@@]4(C(=O)N4CCc5ncc(C(F)F)cc5C4)C3)CCNC[C@H]2C)c1. The van der Waals surface area contributed by atoms with Crippen molar-refractivity contribution in [1.29, 1.82) is 0 Å². The van der Waals surface area contributed by atoms with Crippen molar-refractivity contribution < 1.29 is 23.1 Å². The minimum absolute atomic E-state index is 0.0816. The number of piperidine rings is 1. The molecule has 0 spiro atoms. The van der Waals surface area contributed by atoms with Crippen molar-refractivity contribution in [3.63, 3.8) is 0 Å². The van der Waals surface area contributed by atoms with Gasteiger partial charge in [0.1, 0.15) is 0 Å². The lowest BCUT2D eigenvalue weighted by Gasteiger charge is -2.49. The van der Waals surface area contributed by atoms with Crippen LogP contribution in [0.4, 0.5) is 8.78 Å². The van der Waals surface area contributed by atoms with Crippen LogP contribution in [0.5, 0.6) is 0 Å². The first-order valence-electron chi connectivity index (χ1n) is 14.7. The molecule has 0 unspecified atom stereocenters. The smallest absolute Gasteiger partial charge is 0.337 e. The standard InChI is InChI=1S/C32H39F2N3O3/c1-20-17-35-11-10-32(20,25-6-3-5-21(14-25)29(38)40-2)26-15-24-7-4-9-31(24,16-26)30(39)37-12-8-27-23(19-37)13-22(18-36-27)28(33)34/h3,5-6,13-14,18,20,24,26,28,35H,4,7-12,15-17,19H2,1-2H3/t20-,24-,26-,31-,32-/m1/s1. The third-order valence-electron chi connectivity index (χ3n) is 10.8. The Labute approximate surface area is 234 Å². The van der Waals surface area contributed by atoms with E-state index in [0.29, 0.717) is 42.8 Å². The van der Waals surface area contributed by atoms with Crippen LogP contribution in [0.1, 0.15) is 84.6 Å². The zero-order valence-corrected chi connectivity index (χ0v) is 23.4. The number of halogens is 2. The molecule has 1 saturated heterocycles. The minimum Gasteiger partial charge on any atom is -0.465 e. The number of alkyl halides is 2. The Morgan fingerprint density at radius 2 is 2.05 bits per heavy atom. The molecule has 214 valence electrons. The summed E-state index contributed by atoms with van der Waals surface area (Å²) in [6, 6.07) is 9.48. The maximum absolute atomic E-state index is 14.4. The van der Waals surface area contributed by atoms with Crippen LogP contribution in [0.2, 0.25) is 0 Å². The summed E-state index contributed by atoms with van der Waals surface area (Å²) in [4.78, 5) is 33.1. The summed E-state index contributed by atoms with van der Waals surface area (Å²) in [6.07, 6.45) is 5.07. The average Bonchev–Trinajstić information content (AvgIpc) is 3.55. The minimum atomic E-state index is -2.57. The number of benzene rings is 1. The lowest BCUT2D eigenvalue weighted by Crippen LogP contribution is -2.51. The molecule has 6 nitrogen and oxygen atoms in total. The summed E-state index contributed by atoms with van der Waals surface area (Å²) >= 11 is 0. The van der Waals surface area contributed by atoms with Crippen molar-refractivity contribution in [2.45, 2.75) is 70.3 Å². The number of ether oxygens (including phenoxy) is 1. The summed E-state index contributed by atoms with van der Waals surface area (Å²) in [6.45, 7) is 5.03. The molecule has 0 radical (unpaired) electrons. The van der Waals surface area contributed by atoms with E-state index < -0.39 is 11.8 Å². The van der Waals surface area contributed by atoms with Gasteiger partial charge in [-0.2, -0.15) is 0 Å². The van der Waals surface area contributed by atoms with Crippen molar-refractivity contribution in [2.75, 3.05) is 26.7 Å². The number of fused-ring (bicyclic) bond motifs is 2. The van der Waals surface area contributed by atoms with Crippen LogP contribution in [-0.2, 0) is 27.9 Å². The van der Waals surface area contributed by atoms with Gasteiger partial charge in [-0.1, -0.05) is 25.5 Å². The van der Waals surface area contributed by atoms with Crippen molar-refractivity contribution in [2.24, 2.45) is 23.2 Å². The summed E-state index contributed by atoms with van der Waals surface area (Å²) < 4.78 is 31.8. The van der Waals surface area contributed by atoms with Gasteiger partial charge < -0.3 is 15.0 Å². The number of nitrogens with one attached hydrogen (secondary N) is 1. The lowest BCUT2D eigenvalue weighted by atomic mass is 9.58. The van der Waals surface area contributed by atoms with E-state index in [2.05, 4.69) is 23.3 Å². The molecule has 40 heavy (non-hydrogen) atoms. The Morgan fingerprint density at radius 3 is 2.83 bits per heavy atom. The molecule has 3 fully saturated rings. The highest BCUT2D eigenvalue weighted by Gasteiger charge is 2.61. The summed E-state index contributed by atoms with van der Waals surface area (Å²) in [5, 5.41) is 3.56. The van der Waals surface area contributed by atoms with Crippen LogP contribution in [0.15, 0.2) is 36.5 Å². The number of aromatic nitrogens is 1. The fourth-order valence-corrected chi connectivity index (χ4v) is 8.80. The second-order valence-electron chi connectivity index (χ2n) is 12.5. The van der Waals surface area contributed by atoms with Gasteiger partial charge in [0.2, 0.25) is 5.91 Å². The van der Waals surface area contributed by atoms with E-state index in [9.17, 15) is 18.4 Å². The van der Waals surface area contributed by atoms with E-state index >= 15 is 0 Å². The molecule has 2 aromatic rings. The van der Waals surface area contributed by atoms with Crippen LogP contribution in [0, 0.1) is 23.2 Å². The highest BCUT2D eigenvalue weighted by molar-refractivity contribution is 5.89. The van der Waals surface area contributed by atoms with Crippen molar-refractivity contribution in [1.82, 2.24) is 15.2 Å². The largest absolute Gasteiger partial charge is 0.465 e. The number of rotatable bonds is 5. The first-order valence-corrected chi connectivity index (χ1v) is 14.7. The monoisotopic (exact) mass is 551 g/mol. The molecule has 1 aromatic carbocycles. The maximum atomic E-state index is 14.4. The zero-order chi connectivity index (χ0) is 28.1. The topological polar surface area (TPSA) is 71.5 Å². The quantitative estimate of drug-likeness (QED) is 0.500. The van der Waals surface area contributed by atoms with E-state index in [-0.39, 0.29) is 22.9 Å². The van der Waals surface area contributed by atoms with Crippen molar-refractivity contribution in [3.8, 4) is 0 Å². The first-order chi connectivity index (χ1) is 19.3. The number of carbonyl (C=O) groups is 2. The third-order valence-corrected chi connectivity index (χ3v) is 10.8. The number of carbonyl (C=O) groups excluding carboxylic acids is 2. The van der Waals surface area contributed by atoms with E-state index in [1.807, 2.05) is 23.1 Å². The molecule has 2 aliphatic carbocycles. The van der Waals surface area contributed by atoms with E-state index in [1.165, 1.54) is 24.9 Å². The second-order valence-corrected chi connectivity index (χ2v) is 12.5. The number of nitrogens with zero attached hydrogens (tertiary/aromatic N) is 2.